The summed E-state index contributed by atoms with van der Waals surface area (Å²) >= 11 is 5.89. The van der Waals surface area contributed by atoms with Gasteiger partial charge in [-0.3, -0.25) is 4.90 Å². The highest BCUT2D eigenvalue weighted by atomic mass is 35.5. The van der Waals surface area contributed by atoms with Gasteiger partial charge < -0.3 is 4.74 Å². The largest absolute Gasteiger partial charge is 0.371 e. The van der Waals surface area contributed by atoms with Gasteiger partial charge in [0.05, 0.1) is 18.8 Å². The summed E-state index contributed by atoms with van der Waals surface area (Å²) in [5, 5.41) is 4.26. The van der Waals surface area contributed by atoms with Gasteiger partial charge in [0.15, 0.2) is 0 Å². The zero-order valence-electron chi connectivity index (χ0n) is 11.2. The van der Waals surface area contributed by atoms with Crippen LogP contribution in [0, 0.1) is 0 Å². The van der Waals surface area contributed by atoms with Crippen molar-refractivity contribution in [3.63, 3.8) is 0 Å². The van der Waals surface area contributed by atoms with Gasteiger partial charge >= 0.3 is 0 Å². The van der Waals surface area contributed by atoms with E-state index in [2.05, 4.69) is 35.8 Å². The zero-order chi connectivity index (χ0) is 13.1. The van der Waals surface area contributed by atoms with Crippen molar-refractivity contribution in [2.75, 3.05) is 19.0 Å². The highest BCUT2D eigenvalue weighted by molar-refractivity contribution is 6.18. The second-order valence-corrected chi connectivity index (χ2v) is 5.44. The van der Waals surface area contributed by atoms with E-state index in [-0.39, 0.29) is 12.2 Å². The number of morpholine rings is 1. The first-order chi connectivity index (χ1) is 8.60. The van der Waals surface area contributed by atoms with E-state index in [9.17, 15) is 0 Å². The Morgan fingerprint density at radius 1 is 1.50 bits per heavy atom. The Morgan fingerprint density at radius 3 is 2.94 bits per heavy atom. The van der Waals surface area contributed by atoms with Crippen molar-refractivity contribution < 1.29 is 4.74 Å². The maximum absolute atomic E-state index is 5.89. The van der Waals surface area contributed by atoms with Crippen LogP contribution in [-0.2, 0) is 11.3 Å². The number of aromatic nitrogens is 3. The third-order valence-electron chi connectivity index (χ3n) is 3.08. The molecule has 6 heteroatoms. The van der Waals surface area contributed by atoms with Crippen molar-refractivity contribution >= 4 is 11.6 Å². The second-order valence-electron chi connectivity index (χ2n) is 5.13. The van der Waals surface area contributed by atoms with Gasteiger partial charge in [-0.15, -0.1) is 11.6 Å². The van der Waals surface area contributed by atoms with Crippen LogP contribution in [0.5, 0.6) is 0 Å². The SMILES string of the molecule is CC1CN(Cc2ncnn2C(C)C)CC(CCl)O1. The van der Waals surface area contributed by atoms with E-state index in [1.165, 1.54) is 0 Å². The highest BCUT2D eigenvalue weighted by Crippen LogP contribution is 2.15. The van der Waals surface area contributed by atoms with Gasteiger partial charge in [0.2, 0.25) is 0 Å². The Bertz CT molecular complexity index is 382. The number of nitrogens with zero attached hydrogens (tertiary/aromatic N) is 4. The molecule has 0 saturated carbocycles. The maximum atomic E-state index is 5.89. The Morgan fingerprint density at radius 2 is 2.28 bits per heavy atom. The van der Waals surface area contributed by atoms with Crippen molar-refractivity contribution in [2.24, 2.45) is 0 Å². The first-order valence-corrected chi connectivity index (χ1v) is 6.95. The Kier molecular flexibility index (Phi) is 4.59. The average molecular weight is 273 g/mol. The van der Waals surface area contributed by atoms with Gasteiger partial charge in [-0.05, 0) is 20.8 Å². The average Bonchev–Trinajstić information content (AvgIpc) is 2.76. The molecule has 2 heterocycles. The summed E-state index contributed by atoms with van der Waals surface area (Å²) < 4.78 is 7.71. The molecule has 1 aliphatic heterocycles. The molecule has 0 aromatic carbocycles. The number of hydrogen-bond donors (Lipinski definition) is 0. The molecule has 0 bridgehead atoms. The minimum atomic E-state index is 0.117. The number of alkyl halides is 1. The first kappa shape index (κ1) is 13.8. The standard InChI is InChI=1S/C12H21ClN4O/c1-9(2)17-12(14-8-15-17)7-16-5-10(3)18-11(4-13)6-16/h8-11H,4-7H2,1-3H3. The summed E-state index contributed by atoms with van der Waals surface area (Å²) in [5.74, 6) is 1.55. The highest BCUT2D eigenvalue weighted by Gasteiger charge is 2.25. The molecule has 1 aliphatic rings. The lowest BCUT2D eigenvalue weighted by Gasteiger charge is -2.35. The lowest BCUT2D eigenvalue weighted by atomic mass is 10.2. The molecule has 1 aromatic rings. The molecule has 0 N–H and O–H groups in total. The summed E-state index contributed by atoms with van der Waals surface area (Å²) in [6, 6.07) is 0.338. The molecule has 0 amide bonds. The van der Waals surface area contributed by atoms with Crippen LogP contribution in [0.2, 0.25) is 0 Å². The number of ether oxygens (including phenoxy) is 1. The monoisotopic (exact) mass is 272 g/mol. The van der Waals surface area contributed by atoms with Crippen LogP contribution < -0.4 is 0 Å². The predicted molar refractivity (Wildman–Crippen MR) is 70.7 cm³/mol. The van der Waals surface area contributed by atoms with Crippen molar-refractivity contribution in [3.05, 3.63) is 12.2 Å². The molecule has 18 heavy (non-hydrogen) atoms. The molecule has 1 aromatic heterocycles. The fraction of sp³-hybridized carbons (Fsp3) is 0.833. The Hall–Kier alpha value is -0.650. The van der Waals surface area contributed by atoms with Crippen LogP contribution >= 0.6 is 11.6 Å². The van der Waals surface area contributed by atoms with Gasteiger partial charge in [-0.2, -0.15) is 5.10 Å². The summed E-state index contributed by atoms with van der Waals surface area (Å²) in [6.07, 6.45) is 1.96. The maximum Gasteiger partial charge on any atom is 0.141 e. The van der Waals surface area contributed by atoms with Crippen molar-refractivity contribution in [2.45, 2.75) is 45.6 Å². The van der Waals surface area contributed by atoms with Gasteiger partial charge in [0.25, 0.3) is 0 Å². The minimum absolute atomic E-state index is 0.117. The lowest BCUT2D eigenvalue weighted by Crippen LogP contribution is -2.47. The fourth-order valence-electron chi connectivity index (χ4n) is 2.37. The summed E-state index contributed by atoms with van der Waals surface area (Å²) in [5.41, 5.74) is 0. The molecule has 0 radical (unpaired) electrons. The molecular formula is C12H21ClN4O. The van der Waals surface area contributed by atoms with Gasteiger partial charge in [-0.25, -0.2) is 9.67 Å². The Balaban J connectivity index is 2.02. The smallest absolute Gasteiger partial charge is 0.141 e. The van der Waals surface area contributed by atoms with Crippen LogP contribution in [0.4, 0.5) is 0 Å². The third kappa shape index (κ3) is 3.22. The summed E-state index contributed by atoms with van der Waals surface area (Å²) in [7, 11) is 0. The molecular weight excluding hydrogens is 252 g/mol. The molecule has 2 unspecified atom stereocenters. The second kappa shape index (κ2) is 5.99. The molecule has 102 valence electrons. The van der Waals surface area contributed by atoms with Crippen molar-refractivity contribution in [1.29, 1.82) is 0 Å². The van der Waals surface area contributed by atoms with E-state index < -0.39 is 0 Å². The van der Waals surface area contributed by atoms with E-state index in [1.807, 2.05) is 4.68 Å². The normalized spacial score (nSPS) is 25.8. The van der Waals surface area contributed by atoms with Crippen molar-refractivity contribution in [3.8, 4) is 0 Å². The predicted octanol–water partition coefficient (Wildman–Crippen LogP) is 1.69. The third-order valence-corrected chi connectivity index (χ3v) is 3.42. The van der Waals surface area contributed by atoms with E-state index >= 15 is 0 Å². The van der Waals surface area contributed by atoms with Gasteiger partial charge in [-0.1, -0.05) is 0 Å². The van der Waals surface area contributed by atoms with E-state index in [1.54, 1.807) is 6.33 Å². The number of halogens is 1. The molecule has 0 spiro atoms. The molecule has 5 nitrogen and oxygen atoms in total. The number of rotatable bonds is 4. The van der Waals surface area contributed by atoms with E-state index in [4.69, 9.17) is 16.3 Å². The minimum Gasteiger partial charge on any atom is -0.371 e. The van der Waals surface area contributed by atoms with E-state index in [0.717, 1.165) is 25.5 Å². The molecule has 0 aliphatic carbocycles. The van der Waals surface area contributed by atoms with Crippen LogP contribution in [0.3, 0.4) is 0 Å². The summed E-state index contributed by atoms with van der Waals surface area (Å²) in [4.78, 5) is 6.68. The Labute approximate surface area is 113 Å². The van der Waals surface area contributed by atoms with Crippen LogP contribution in [0.15, 0.2) is 6.33 Å². The quantitative estimate of drug-likeness (QED) is 0.783. The topological polar surface area (TPSA) is 43.2 Å². The van der Waals surface area contributed by atoms with Gasteiger partial charge in [0, 0.05) is 25.0 Å². The van der Waals surface area contributed by atoms with Crippen LogP contribution in [-0.4, -0.2) is 50.8 Å². The molecule has 2 atom stereocenters. The molecule has 1 fully saturated rings. The lowest BCUT2D eigenvalue weighted by molar-refractivity contribution is -0.0698. The zero-order valence-corrected chi connectivity index (χ0v) is 12.0. The molecule has 2 rings (SSSR count). The van der Waals surface area contributed by atoms with Crippen LogP contribution in [0.25, 0.3) is 0 Å². The number of hydrogen-bond acceptors (Lipinski definition) is 4. The first-order valence-electron chi connectivity index (χ1n) is 6.42. The molecule has 1 saturated heterocycles. The van der Waals surface area contributed by atoms with Gasteiger partial charge in [0.1, 0.15) is 12.2 Å². The van der Waals surface area contributed by atoms with Crippen molar-refractivity contribution in [1.82, 2.24) is 19.7 Å². The van der Waals surface area contributed by atoms with E-state index in [0.29, 0.717) is 11.9 Å². The van der Waals surface area contributed by atoms with Crippen LogP contribution in [0.1, 0.15) is 32.6 Å². The summed E-state index contributed by atoms with van der Waals surface area (Å²) in [6.45, 7) is 8.89. The fourth-order valence-corrected chi connectivity index (χ4v) is 2.54.